The first-order chi connectivity index (χ1) is 8.32. The number of H-pyrrole nitrogens is 1. The number of hydrogen-bond acceptors (Lipinski definition) is 1. The highest BCUT2D eigenvalue weighted by atomic mass is 19.4. The summed E-state index contributed by atoms with van der Waals surface area (Å²) in [4.78, 5) is 6.96. The summed E-state index contributed by atoms with van der Waals surface area (Å²) in [5.41, 5.74) is 0.495. The van der Waals surface area contributed by atoms with E-state index in [-0.39, 0.29) is 11.4 Å². The summed E-state index contributed by atoms with van der Waals surface area (Å²) in [6.07, 6.45) is -3.79. The van der Waals surface area contributed by atoms with Gasteiger partial charge in [0.1, 0.15) is 11.3 Å². The summed E-state index contributed by atoms with van der Waals surface area (Å²) in [6, 6.07) is 2.95. The molecule has 2 rings (SSSR count). The molecule has 0 saturated heterocycles. The van der Waals surface area contributed by atoms with E-state index in [0.29, 0.717) is 23.3 Å². The van der Waals surface area contributed by atoms with Gasteiger partial charge >= 0.3 is 6.18 Å². The number of nitrogens with zero attached hydrogens (tertiary/aromatic N) is 1. The van der Waals surface area contributed by atoms with Crippen molar-refractivity contribution in [2.24, 2.45) is 0 Å². The zero-order valence-corrected chi connectivity index (χ0v) is 10.5. The largest absolute Gasteiger partial charge is 0.418 e. The maximum atomic E-state index is 13.0. The molecule has 0 bridgehead atoms. The minimum atomic E-state index is -4.37. The maximum absolute atomic E-state index is 13.0. The van der Waals surface area contributed by atoms with Crippen molar-refractivity contribution in [1.82, 2.24) is 9.97 Å². The molecule has 0 amide bonds. The van der Waals surface area contributed by atoms with E-state index in [4.69, 9.17) is 0 Å². The second-order valence-electron chi connectivity index (χ2n) is 4.65. The first-order valence-electron chi connectivity index (χ1n) is 5.92. The quantitative estimate of drug-likeness (QED) is 0.854. The first-order valence-corrected chi connectivity index (χ1v) is 5.92. The van der Waals surface area contributed by atoms with Crippen molar-refractivity contribution in [3.05, 3.63) is 29.1 Å². The Kier molecular flexibility index (Phi) is 3.09. The SMILES string of the molecule is CCc1nc2c(C(F)(F)F)cc(C(C)C)cc2[nH]1. The average molecular weight is 256 g/mol. The molecule has 5 heteroatoms. The predicted octanol–water partition coefficient (Wildman–Crippen LogP) is 4.27. The average Bonchev–Trinajstić information content (AvgIpc) is 2.68. The molecule has 2 aromatic rings. The smallest absolute Gasteiger partial charge is 0.342 e. The Morgan fingerprint density at radius 2 is 1.94 bits per heavy atom. The Morgan fingerprint density at radius 3 is 2.44 bits per heavy atom. The zero-order chi connectivity index (χ0) is 13.5. The van der Waals surface area contributed by atoms with Crippen molar-refractivity contribution in [2.75, 3.05) is 0 Å². The number of aryl methyl sites for hydroxylation is 1. The summed E-state index contributed by atoms with van der Waals surface area (Å²) in [6.45, 7) is 5.60. The molecule has 1 aromatic carbocycles. The van der Waals surface area contributed by atoms with Crippen LogP contribution >= 0.6 is 0 Å². The van der Waals surface area contributed by atoms with E-state index >= 15 is 0 Å². The molecule has 0 spiro atoms. The van der Waals surface area contributed by atoms with Crippen LogP contribution in [0, 0.1) is 0 Å². The number of hydrogen-bond donors (Lipinski definition) is 1. The first kappa shape index (κ1) is 12.9. The fourth-order valence-electron chi connectivity index (χ4n) is 1.91. The molecule has 2 nitrogen and oxygen atoms in total. The summed E-state index contributed by atoms with van der Waals surface area (Å²) in [5.74, 6) is 0.625. The van der Waals surface area contributed by atoms with Crippen LogP contribution in [0.25, 0.3) is 11.0 Å². The summed E-state index contributed by atoms with van der Waals surface area (Å²) in [5, 5.41) is 0. The van der Waals surface area contributed by atoms with Crippen LogP contribution in [0.5, 0.6) is 0 Å². The molecule has 18 heavy (non-hydrogen) atoms. The van der Waals surface area contributed by atoms with Crippen LogP contribution in [0.15, 0.2) is 12.1 Å². The van der Waals surface area contributed by atoms with Crippen LogP contribution in [-0.4, -0.2) is 9.97 Å². The second kappa shape index (κ2) is 4.30. The molecule has 1 aromatic heterocycles. The van der Waals surface area contributed by atoms with Crippen molar-refractivity contribution < 1.29 is 13.2 Å². The number of fused-ring (bicyclic) bond motifs is 1. The molecule has 0 aliphatic carbocycles. The van der Waals surface area contributed by atoms with Crippen molar-refractivity contribution in [1.29, 1.82) is 0 Å². The summed E-state index contributed by atoms with van der Waals surface area (Å²) >= 11 is 0. The van der Waals surface area contributed by atoms with Gasteiger partial charge < -0.3 is 4.98 Å². The van der Waals surface area contributed by atoms with Crippen molar-refractivity contribution in [3.63, 3.8) is 0 Å². The van der Waals surface area contributed by atoms with Gasteiger partial charge in [0.25, 0.3) is 0 Å². The molecule has 98 valence electrons. The monoisotopic (exact) mass is 256 g/mol. The topological polar surface area (TPSA) is 28.7 Å². The maximum Gasteiger partial charge on any atom is 0.418 e. The number of aromatic amines is 1. The van der Waals surface area contributed by atoms with Gasteiger partial charge in [0, 0.05) is 6.42 Å². The lowest BCUT2D eigenvalue weighted by Crippen LogP contribution is -2.07. The molecule has 0 fully saturated rings. The van der Waals surface area contributed by atoms with Gasteiger partial charge in [-0.1, -0.05) is 20.8 Å². The predicted molar refractivity (Wildman–Crippen MR) is 64.6 cm³/mol. The number of aromatic nitrogens is 2. The molecule has 1 heterocycles. The van der Waals surface area contributed by atoms with E-state index < -0.39 is 11.7 Å². The van der Waals surface area contributed by atoms with E-state index in [1.54, 1.807) is 6.07 Å². The fourth-order valence-corrected chi connectivity index (χ4v) is 1.91. The van der Waals surface area contributed by atoms with Gasteiger partial charge in [-0.15, -0.1) is 0 Å². The number of rotatable bonds is 2. The Bertz CT molecular complexity index is 567. The minimum Gasteiger partial charge on any atom is -0.342 e. The van der Waals surface area contributed by atoms with Crippen LogP contribution in [-0.2, 0) is 12.6 Å². The van der Waals surface area contributed by atoms with Crippen LogP contribution in [0.2, 0.25) is 0 Å². The third kappa shape index (κ3) is 2.21. The third-order valence-electron chi connectivity index (χ3n) is 2.96. The number of benzene rings is 1. The van der Waals surface area contributed by atoms with Gasteiger partial charge in [0.05, 0.1) is 11.1 Å². The van der Waals surface area contributed by atoms with Crippen molar-refractivity contribution in [2.45, 2.75) is 39.3 Å². The van der Waals surface area contributed by atoms with Gasteiger partial charge in [-0.3, -0.25) is 0 Å². The van der Waals surface area contributed by atoms with Crippen molar-refractivity contribution in [3.8, 4) is 0 Å². The number of imidazole rings is 1. The molecule has 0 atom stereocenters. The van der Waals surface area contributed by atoms with E-state index in [9.17, 15) is 13.2 Å². The van der Waals surface area contributed by atoms with Gasteiger partial charge in [-0.05, 0) is 23.6 Å². The van der Waals surface area contributed by atoms with E-state index in [2.05, 4.69) is 9.97 Å². The van der Waals surface area contributed by atoms with E-state index in [0.717, 1.165) is 0 Å². The molecule has 0 radical (unpaired) electrons. The van der Waals surface area contributed by atoms with Crippen molar-refractivity contribution >= 4 is 11.0 Å². The molecule has 0 saturated carbocycles. The third-order valence-corrected chi connectivity index (χ3v) is 2.96. The fraction of sp³-hybridized carbons (Fsp3) is 0.462. The standard InChI is InChI=1S/C13H15F3N2/c1-4-11-17-10-6-8(7(2)3)5-9(12(10)18-11)13(14,15)16/h5-7H,4H2,1-3H3,(H,17,18). The van der Waals surface area contributed by atoms with Gasteiger partial charge in [0.2, 0.25) is 0 Å². The Morgan fingerprint density at radius 1 is 1.28 bits per heavy atom. The van der Waals surface area contributed by atoms with Crippen LogP contribution < -0.4 is 0 Å². The van der Waals surface area contributed by atoms with Gasteiger partial charge in [-0.2, -0.15) is 13.2 Å². The molecule has 0 aliphatic heterocycles. The lowest BCUT2D eigenvalue weighted by molar-refractivity contribution is -0.136. The summed E-state index contributed by atoms with van der Waals surface area (Å²) < 4.78 is 39.1. The number of alkyl halides is 3. The van der Waals surface area contributed by atoms with E-state index in [1.165, 1.54) is 6.07 Å². The summed E-state index contributed by atoms with van der Waals surface area (Å²) in [7, 11) is 0. The zero-order valence-electron chi connectivity index (χ0n) is 10.5. The number of nitrogens with one attached hydrogen (secondary N) is 1. The Balaban J connectivity index is 2.75. The molecular weight excluding hydrogens is 241 g/mol. The lowest BCUT2D eigenvalue weighted by atomic mass is 9.99. The van der Waals surface area contributed by atoms with Crippen LogP contribution in [0.4, 0.5) is 13.2 Å². The number of halogens is 3. The Labute approximate surface area is 103 Å². The molecule has 0 unspecified atom stereocenters. The molecule has 1 N–H and O–H groups in total. The lowest BCUT2D eigenvalue weighted by Gasteiger charge is -2.11. The van der Waals surface area contributed by atoms with Crippen LogP contribution in [0.1, 0.15) is 43.6 Å². The van der Waals surface area contributed by atoms with Gasteiger partial charge in [-0.25, -0.2) is 4.98 Å². The molecular formula is C13H15F3N2. The second-order valence-corrected chi connectivity index (χ2v) is 4.65. The molecule has 0 aliphatic rings. The highest BCUT2D eigenvalue weighted by Gasteiger charge is 2.34. The van der Waals surface area contributed by atoms with Gasteiger partial charge in [0.15, 0.2) is 0 Å². The van der Waals surface area contributed by atoms with Crippen LogP contribution in [0.3, 0.4) is 0 Å². The van der Waals surface area contributed by atoms with E-state index in [1.807, 2.05) is 20.8 Å². The minimum absolute atomic E-state index is 0.0174. The highest BCUT2D eigenvalue weighted by Crippen LogP contribution is 2.36. The highest BCUT2D eigenvalue weighted by molar-refractivity contribution is 5.80. The normalized spacial score (nSPS) is 12.6. The Hall–Kier alpha value is -1.52.